The summed E-state index contributed by atoms with van der Waals surface area (Å²) >= 11 is 0. The number of furan rings is 1. The Morgan fingerprint density at radius 1 is 1.00 bits per heavy atom. The third-order valence-electron chi connectivity index (χ3n) is 9.08. The zero-order valence-electron chi connectivity index (χ0n) is 25.2. The van der Waals surface area contributed by atoms with Crippen molar-refractivity contribution in [3.05, 3.63) is 83.9 Å². The van der Waals surface area contributed by atoms with E-state index in [0.717, 1.165) is 47.1 Å². The lowest BCUT2D eigenvalue weighted by molar-refractivity contribution is -0.125. The van der Waals surface area contributed by atoms with Crippen LogP contribution < -0.4 is 10.6 Å². The van der Waals surface area contributed by atoms with Crippen LogP contribution >= 0.6 is 0 Å². The first kappa shape index (κ1) is 28.8. The van der Waals surface area contributed by atoms with Crippen molar-refractivity contribution in [3.63, 3.8) is 0 Å². The van der Waals surface area contributed by atoms with Crippen LogP contribution in [-0.2, 0) is 9.53 Å². The number of pyridine rings is 1. The van der Waals surface area contributed by atoms with Gasteiger partial charge in [0.25, 0.3) is 5.91 Å². The average Bonchev–Trinajstić information content (AvgIpc) is 3.65. The van der Waals surface area contributed by atoms with E-state index in [-0.39, 0.29) is 24.2 Å². The quantitative estimate of drug-likeness (QED) is 0.189. The van der Waals surface area contributed by atoms with Crippen molar-refractivity contribution >= 4 is 45.3 Å². The summed E-state index contributed by atoms with van der Waals surface area (Å²) in [6.07, 6.45) is 9.49. The summed E-state index contributed by atoms with van der Waals surface area (Å²) in [6.45, 7) is 1.97. The van der Waals surface area contributed by atoms with Gasteiger partial charge in [0.15, 0.2) is 5.82 Å². The zero-order chi connectivity index (χ0) is 31.0. The predicted octanol–water partition coefficient (Wildman–Crippen LogP) is 6.68. The molecule has 0 bridgehead atoms. The van der Waals surface area contributed by atoms with Crippen LogP contribution in [0.15, 0.2) is 71.3 Å². The lowest BCUT2D eigenvalue weighted by Gasteiger charge is -2.40. The van der Waals surface area contributed by atoms with Crippen LogP contribution in [0.1, 0.15) is 90.8 Å². The van der Waals surface area contributed by atoms with Gasteiger partial charge in [-0.2, -0.15) is 5.10 Å². The van der Waals surface area contributed by atoms with Crippen LogP contribution in [0.25, 0.3) is 27.7 Å². The summed E-state index contributed by atoms with van der Waals surface area (Å²) in [5.74, 6) is 0.0884. The molecule has 0 atom stereocenters. The Balaban J connectivity index is 1.12. The fourth-order valence-corrected chi connectivity index (χ4v) is 6.56. The highest BCUT2D eigenvalue weighted by Crippen LogP contribution is 2.38. The molecule has 2 aliphatic carbocycles. The van der Waals surface area contributed by atoms with Gasteiger partial charge in [-0.25, -0.2) is 14.5 Å². The summed E-state index contributed by atoms with van der Waals surface area (Å²) in [7, 11) is 0. The highest BCUT2D eigenvalue weighted by atomic mass is 16.5. The number of nitrogens with zero attached hydrogens (tertiary/aromatic N) is 3. The smallest absolute Gasteiger partial charge is 0.374 e. The number of anilines is 1. The average molecular weight is 606 g/mol. The van der Waals surface area contributed by atoms with Crippen molar-refractivity contribution in [3.8, 4) is 5.82 Å². The van der Waals surface area contributed by atoms with E-state index < -0.39 is 11.5 Å². The number of hydrogen-bond donors (Lipinski definition) is 2. The Bertz CT molecular complexity index is 1900. The minimum atomic E-state index is -1.03. The molecule has 5 aromatic rings. The predicted molar refractivity (Wildman–Crippen MR) is 170 cm³/mol. The van der Waals surface area contributed by atoms with E-state index in [9.17, 15) is 14.4 Å². The topological polar surface area (TPSA) is 128 Å². The van der Waals surface area contributed by atoms with Gasteiger partial charge in [0.1, 0.15) is 11.1 Å². The summed E-state index contributed by atoms with van der Waals surface area (Å²) in [4.78, 5) is 43.8. The Morgan fingerprint density at radius 2 is 1.84 bits per heavy atom. The van der Waals surface area contributed by atoms with Crippen LogP contribution in [-0.4, -0.2) is 44.7 Å². The normalized spacial score (nSPS) is 16.3. The summed E-state index contributed by atoms with van der Waals surface area (Å²) in [5.41, 5.74) is 2.26. The summed E-state index contributed by atoms with van der Waals surface area (Å²) in [5, 5.41) is 12.6. The van der Waals surface area contributed by atoms with Crippen LogP contribution in [0.4, 0.5) is 5.69 Å². The Morgan fingerprint density at radius 3 is 2.58 bits per heavy atom. The molecule has 0 aliphatic heterocycles. The number of carbonyl (C=O) groups excluding carboxylic acids is 3. The van der Waals surface area contributed by atoms with Crippen LogP contribution in [0.5, 0.6) is 0 Å². The molecule has 2 fully saturated rings. The van der Waals surface area contributed by atoms with Crippen molar-refractivity contribution < 1.29 is 23.5 Å². The molecular weight excluding hydrogens is 570 g/mol. The van der Waals surface area contributed by atoms with Crippen LogP contribution in [0, 0.1) is 0 Å². The van der Waals surface area contributed by atoms with E-state index in [1.807, 2.05) is 41.1 Å². The molecule has 2 amide bonds. The van der Waals surface area contributed by atoms with E-state index >= 15 is 0 Å². The minimum Gasteiger partial charge on any atom is -0.460 e. The number of aromatic nitrogens is 3. The van der Waals surface area contributed by atoms with Gasteiger partial charge in [0, 0.05) is 40.2 Å². The third kappa shape index (κ3) is 5.45. The molecule has 230 valence electrons. The lowest BCUT2D eigenvalue weighted by atomic mass is 9.75. The monoisotopic (exact) mass is 605 g/mol. The van der Waals surface area contributed by atoms with Gasteiger partial charge < -0.3 is 19.8 Å². The van der Waals surface area contributed by atoms with Gasteiger partial charge >= 0.3 is 5.97 Å². The second-order valence-electron chi connectivity index (χ2n) is 12.0. The maximum absolute atomic E-state index is 13.6. The van der Waals surface area contributed by atoms with E-state index in [0.29, 0.717) is 35.6 Å². The first-order chi connectivity index (χ1) is 21.9. The third-order valence-corrected chi connectivity index (χ3v) is 9.08. The molecule has 3 heterocycles. The zero-order valence-corrected chi connectivity index (χ0v) is 25.2. The van der Waals surface area contributed by atoms with Gasteiger partial charge in [-0.1, -0.05) is 31.4 Å². The van der Waals surface area contributed by atoms with Gasteiger partial charge in [-0.3, -0.25) is 9.59 Å². The molecule has 3 aromatic heterocycles. The molecule has 0 radical (unpaired) electrons. The molecule has 2 aromatic carbocycles. The van der Waals surface area contributed by atoms with E-state index in [1.165, 1.54) is 19.3 Å². The van der Waals surface area contributed by atoms with Gasteiger partial charge in [0.05, 0.1) is 17.8 Å². The van der Waals surface area contributed by atoms with E-state index in [1.54, 1.807) is 37.4 Å². The van der Waals surface area contributed by atoms with E-state index in [4.69, 9.17) is 14.3 Å². The van der Waals surface area contributed by atoms with E-state index in [2.05, 4.69) is 15.6 Å². The first-order valence-corrected chi connectivity index (χ1v) is 15.7. The molecular formula is C35H35N5O5. The molecule has 2 N–H and O–H groups in total. The molecule has 0 unspecified atom stereocenters. The fraction of sp³-hybridized carbons (Fsp3) is 0.343. The summed E-state index contributed by atoms with van der Waals surface area (Å²) < 4.78 is 12.6. The summed E-state index contributed by atoms with van der Waals surface area (Å²) in [6, 6.07) is 18.2. The maximum Gasteiger partial charge on any atom is 0.374 e. The number of amides is 2. The van der Waals surface area contributed by atoms with Crippen molar-refractivity contribution in [1.29, 1.82) is 0 Å². The number of rotatable bonds is 8. The van der Waals surface area contributed by atoms with Gasteiger partial charge in [-0.15, -0.1) is 0 Å². The minimum absolute atomic E-state index is 0.103. The Kier molecular flexibility index (Phi) is 7.56. The fourth-order valence-electron chi connectivity index (χ4n) is 6.56. The van der Waals surface area contributed by atoms with Gasteiger partial charge in [-0.05, 0) is 81.5 Å². The highest BCUT2D eigenvalue weighted by Gasteiger charge is 2.45. The number of nitrogens with one attached hydrogen (secondary N) is 2. The van der Waals surface area contributed by atoms with Crippen molar-refractivity contribution in [2.24, 2.45) is 0 Å². The number of fused-ring (bicyclic) bond motifs is 2. The first-order valence-electron chi connectivity index (χ1n) is 15.7. The largest absolute Gasteiger partial charge is 0.460 e. The van der Waals surface area contributed by atoms with Crippen molar-refractivity contribution in [2.75, 3.05) is 11.9 Å². The number of esters is 1. The number of ether oxygens (including phenoxy) is 1. The molecule has 2 saturated carbocycles. The van der Waals surface area contributed by atoms with Crippen LogP contribution in [0.3, 0.4) is 0 Å². The SMILES string of the molecule is CCOC(=O)c1cc2ccc(NC(=O)C3(NC(=O)c4ccc5c(C6CCCCC6)n(-c6ccccn6)nc5c4)CCC3)cc2o1. The second-order valence-corrected chi connectivity index (χ2v) is 12.0. The van der Waals surface area contributed by atoms with Crippen molar-refractivity contribution in [2.45, 2.75) is 69.7 Å². The standard InChI is InChI=1S/C35H35N5O5/c1-2-44-33(42)29-20-23-12-14-25(21-28(23)45-29)37-34(43)35(16-8-17-35)38-32(41)24-13-15-26-27(19-24)39-40(30-11-6-7-18-36-30)31(26)22-9-4-3-5-10-22/h6-7,11-15,18-22H,2-5,8-10,16-17H2,1H3,(H,37,43)(H,38,41). The molecule has 45 heavy (non-hydrogen) atoms. The molecule has 2 aliphatic rings. The molecule has 0 spiro atoms. The highest BCUT2D eigenvalue weighted by molar-refractivity contribution is 6.06. The number of benzene rings is 2. The maximum atomic E-state index is 13.6. The number of carbonyl (C=O) groups is 3. The molecule has 0 saturated heterocycles. The number of hydrogen-bond acceptors (Lipinski definition) is 7. The second kappa shape index (κ2) is 11.8. The molecule has 7 rings (SSSR count). The van der Waals surface area contributed by atoms with Crippen LogP contribution in [0.2, 0.25) is 0 Å². The van der Waals surface area contributed by atoms with Crippen molar-refractivity contribution in [1.82, 2.24) is 20.1 Å². The molecule has 10 nitrogen and oxygen atoms in total. The van der Waals surface area contributed by atoms with Gasteiger partial charge in [0.2, 0.25) is 11.7 Å². The molecule has 10 heteroatoms. The lowest BCUT2D eigenvalue weighted by Crippen LogP contribution is -2.61. The Labute approximate surface area is 260 Å². The Hall–Kier alpha value is -4.99.